The Morgan fingerprint density at radius 3 is 2.61 bits per heavy atom. The minimum absolute atomic E-state index is 0.271. The standard InChI is InChI=1S/C17H22N2O3S/c1-14-6-7-17(15(2)11-14)23(20,21)19(9-10-22-3)13-16-5-4-8-18-12-16/h4-8,11-12H,9-10,13H2,1-3H3. The van der Waals surface area contributed by atoms with Gasteiger partial charge in [-0.2, -0.15) is 4.31 Å². The van der Waals surface area contributed by atoms with Gasteiger partial charge in [0.1, 0.15) is 0 Å². The number of pyridine rings is 1. The zero-order valence-corrected chi connectivity index (χ0v) is 14.5. The number of hydrogen-bond donors (Lipinski definition) is 0. The van der Waals surface area contributed by atoms with E-state index in [0.717, 1.165) is 16.7 Å². The van der Waals surface area contributed by atoms with Crippen molar-refractivity contribution in [2.24, 2.45) is 0 Å². The van der Waals surface area contributed by atoms with E-state index in [1.54, 1.807) is 31.6 Å². The summed E-state index contributed by atoms with van der Waals surface area (Å²) in [5, 5.41) is 0. The van der Waals surface area contributed by atoms with Crippen LogP contribution < -0.4 is 0 Å². The van der Waals surface area contributed by atoms with E-state index in [1.165, 1.54) is 4.31 Å². The lowest BCUT2D eigenvalue weighted by Crippen LogP contribution is -2.34. The molecule has 0 fully saturated rings. The molecule has 0 aliphatic rings. The summed E-state index contributed by atoms with van der Waals surface area (Å²) in [5.74, 6) is 0. The van der Waals surface area contributed by atoms with Crippen LogP contribution in [0.3, 0.4) is 0 Å². The Labute approximate surface area is 138 Å². The molecule has 2 rings (SSSR count). The Morgan fingerprint density at radius 1 is 1.22 bits per heavy atom. The van der Waals surface area contributed by atoms with Crippen LogP contribution in [0.15, 0.2) is 47.6 Å². The number of benzene rings is 1. The van der Waals surface area contributed by atoms with Gasteiger partial charge in [0.15, 0.2) is 0 Å². The summed E-state index contributed by atoms with van der Waals surface area (Å²) in [7, 11) is -2.03. The van der Waals surface area contributed by atoms with Crippen molar-refractivity contribution >= 4 is 10.0 Å². The highest BCUT2D eigenvalue weighted by Crippen LogP contribution is 2.22. The monoisotopic (exact) mass is 334 g/mol. The summed E-state index contributed by atoms with van der Waals surface area (Å²) in [6.07, 6.45) is 3.35. The van der Waals surface area contributed by atoms with Crippen molar-refractivity contribution in [1.82, 2.24) is 9.29 Å². The highest BCUT2D eigenvalue weighted by Gasteiger charge is 2.26. The minimum atomic E-state index is -3.59. The van der Waals surface area contributed by atoms with Crippen molar-refractivity contribution in [2.45, 2.75) is 25.3 Å². The maximum absolute atomic E-state index is 13.0. The Balaban J connectivity index is 2.36. The first-order chi connectivity index (χ1) is 10.9. The largest absolute Gasteiger partial charge is 0.383 e. The molecule has 0 spiro atoms. The van der Waals surface area contributed by atoms with Crippen molar-refractivity contribution in [1.29, 1.82) is 0 Å². The molecule has 0 amide bonds. The fourth-order valence-electron chi connectivity index (χ4n) is 2.40. The predicted molar refractivity (Wildman–Crippen MR) is 89.6 cm³/mol. The van der Waals surface area contributed by atoms with Crippen LogP contribution in [-0.4, -0.2) is 38.0 Å². The number of sulfonamides is 1. The van der Waals surface area contributed by atoms with E-state index in [-0.39, 0.29) is 6.54 Å². The second kappa shape index (κ2) is 7.68. The first-order valence-corrected chi connectivity index (χ1v) is 8.84. The van der Waals surface area contributed by atoms with Gasteiger partial charge >= 0.3 is 0 Å². The number of methoxy groups -OCH3 is 1. The van der Waals surface area contributed by atoms with Crippen LogP contribution in [0.5, 0.6) is 0 Å². The minimum Gasteiger partial charge on any atom is -0.383 e. The van der Waals surface area contributed by atoms with Gasteiger partial charge in [-0.05, 0) is 37.1 Å². The molecule has 5 nitrogen and oxygen atoms in total. The zero-order valence-electron chi connectivity index (χ0n) is 13.7. The van der Waals surface area contributed by atoms with E-state index in [0.29, 0.717) is 18.0 Å². The van der Waals surface area contributed by atoms with E-state index in [2.05, 4.69) is 4.98 Å². The lowest BCUT2D eigenvalue weighted by Gasteiger charge is -2.23. The molecule has 0 atom stereocenters. The summed E-state index contributed by atoms with van der Waals surface area (Å²) < 4.78 is 32.6. The van der Waals surface area contributed by atoms with Crippen molar-refractivity contribution in [2.75, 3.05) is 20.3 Å². The van der Waals surface area contributed by atoms with Crippen LogP contribution in [0.4, 0.5) is 0 Å². The van der Waals surface area contributed by atoms with Crippen molar-refractivity contribution < 1.29 is 13.2 Å². The van der Waals surface area contributed by atoms with Crippen LogP contribution in [0.2, 0.25) is 0 Å². The van der Waals surface area contributed by atoms with Gasteiger partial charge in [0.05, 0.1) is 11.5 Å². The van der Waals surface area contributed by atoms with Crippen LogP contribution in [0.25, 0.3) is 0 Å². The molecule has 0 unspecified atom stereocenters. The van der Waals surface area contributed by atoms with Crippen LogP contribution in [0, 0.1) is 13.8 Å². The topological polar surface area (TPSA) is 59.5 Å². The molecule has 6 heteroatoms. The summed E-state index contributed by atoms with van der Waals surface area (Å²) in [6, 6.07) is 9.03. The number of aryl methyl sites for hydroxylation is 2. The number of aromatic nitrogens is 1. The van der Waals surface area contributed by atoms with Gasteiger partial charge in [-0.15, -0.1) is 0 Å². The second-order valence-electron chi connectivity index (χ2n) is 5.46. The second-order valence-corrected chi connectivity index (χ2v) is 7.37. The first kappa shape index (κ1) is 17.6. The van der Waals surface area contributed by atoms with Gasteiger partial charge in [0, 0.05) is 32.6 Å². The molecule has 2 aromatic rings. The number of rotatable bonds is 7. The molecule has 1 aromatic carbocycles. The summed E-state index contributed by atoms with van der Waals surface area (Å²) in [6.45, 7) is 4.67. The molecule has 0 aliphatic carbocycles. The van der Waals surface area contributed by atoms with E-state index in [9.17, 15) is 8.42 Å². The maximum atomic E-state index is 13.0. The van der Waals surface area contributed by atoms with E-state index in [1.807, 2.05) is 32.0 Å². The molecule has 1 heterocycles. The van der Waals surface area contributed by atoms with Crippen LogP contribution in [0.1, 0.15) is 16.7 Å². The lowest BCUT2D eigenvalue weighted by atomic mass is 10.2. The van der Waals surface area contributed by atoms with Gasteiger partial charge in [-0.3, -0.25) is 4.98 Å². The van der Waals surface area contributed by atoms with Gasteiger partial charge in [0.2, 0.25) is 10.0 Å². The molecule has 124 valence electrons. The maximum Gasteiger partial charge on any atom is 0.243 e. The lowest BCUT2D eigenvalue weighted by molar-refractivity contribution is 0.177. The molecular weight excluding hydrogens is 312 g/mol. The SMILES string of the molecule is COCCN(Cc1cccnc1)S(=O)(=O)c1ccc(C)cc1C. The third-order valence-corrected chi connectivity index (χ3v) is 5.58. The van der Waals surface area contributed by atoms with Gasteiger partial charge in [-0.1, -0.05) is 23.8 Å². The Kier molecular flexibility index (Phi) is 5.87. The molecule has 0 N–H and O–H groups in total. The summed E-state index contributed by atoms with van der Waals surface area (Å²) in [5.41, 5.74) is 2.63. The first-order valence-electron chi connectivity index (χ1n) is 7.40. The molecule has 0 radical (unpaired) electrons. The molecule has 0 saturated heterocycles. The summed E-state index contributed by atoms with van der Waals surface area (Å²) in [4.78, 5) is 4.39. The average Bonchev–Trinajstić information content (AvgIpc) is 2.52. The predicted octanol–water partition coefficient (Wildman–Crippen LogP) is 2.54. The Hall–Kier alpha value is -1.76. The molecule has 23 heavy (non-hydrogen) atoms. The van der Waals surface area contributed by atoms with Crippen molar-refractivity contribution in [3.8, 4) is 0 Å². The molecule has 1 aromatic heterocycles. The quantitative estimate of drug-likeness (QED) is 0.781. The van der Waals surface area contributed by atoms with Gasteiger partial charge in [-0.25, -0.2) is 8.42 Å². The number of hydrogen-bond acceptors (Lipinski definition) is 4. The highest BCUT2D eigenvalue weighted by atomic mass is 32.2. The average molecular weight is 334 g/mol. The third kappa shape index (κ3) is 4.37. The fourth-order valence-corrected chi connectivity index (χ4v) is 4.02. The Morgan fingerprint density at radius 2 is 2.00 bits per heavy atom. The van der Waals surface area contributed by atoms with E-state index >= 15 is 0 Å². The molecule has 0 saturated carbocycles. The van der Waals surface area contributed by atoms with Crippen LogP contribution in [-0.2, 0) is 21.3 Å². The number of ether oxygens (including phenoxy) is 1. The van der Waals surface area contributed by atoms with Gasteiger partial charge < -0.3 is 4.74 Å². The highest BCUT2D eigenvalue weighted by molar-refractivity contribution is 7.89. The Bertz CT molecular complexity index is 746. The molecule has 0 bridgehead atoms. The molecular formula is C17H22N2O3S. The third-order valence-electron chi connectivity index (χ3n) is 3.57. The van der Waals surface area contributed by atoms with E-state index < -0.39 is 10.0 Å². The summed E-state index contributed by atoms with van der Waals surface area (Å²) >= 11 is 0. The van der Waals surface area contributed by atoms with Crippen molar-refractivity contribution in [3.05, 3.63) is 59.4 Å². The van der Waals surface area contributed by atoms with Crippen LogP contribution >= 0.6 is 0 Å². The van der Waals surface area contributed by atoms with E-state index in [4.69, 9.17) is 4.74 Å². The smallest absolute Gasteiger partial charge is 0.243 e. The normalized spacial score (nSPS) is 11.8. The van der Waals surface area contributed by atoms with Crippen molar-refractivity contribution in [3.63, 3.8) is 0 Å². The molecule has 0 aliphatic heterocycles. The van der Waals surface area contributed by atoms with Gasteiger partial charge in [0.25, 0.3) is 0 Å². The zero-order chi connectivity index (χ0) is 16.9. The fraction of sp³-hybridized carbons (Fsp3) is 0.353. The number of nitrogens with zero attached hydrogens (tertiary/aromatic N) is 2.